The predicted octanol–water partition coefficient (Wildman–Crippen LogP) is 1.33. The Morgan fingerprint density at radius 3 is 2.65 bits per heavy atom. The van der Waals surface area contributed by atoms with Crippen molar-refractivity contribution < 1.29 is 9.90 Å². The van der Waals surface area contributed by atoms with Crippen molar-refractivity contribution in [3.8, 4) is 0 Å². The van der Waals surface area contributed by atoms with E-state index in [1.54, 1.807) is 42.1 Å². The van der Waals surface area contributed by atoms with Gasteiger partial charge >= 0.3 is 5.97 Å². The van der Waals surface area contributed by atoms with Crippen LogP contribution in [-0.4, -0.2) is 25.6 Å². The van der Waals surface area contributed by atoms with E-state index in [4.69, 9.17) is 10.8 Å². The van der Waals surface area contributed by atoms with Crippen molar-refractivity contribution >= 4 is 23.0 Å². The average Bonchev–Trinajstić information content (AvgIpc) is 2.96. The van der Waals surface area contributed by atoms with E-state index in [0.717, 1.165) is 11.1 Å². The number of aryl methyl sites for hydroxylation is 3. The zero-order valence-corrected chi connectivity index (χ0v) is 12.5. The first-order valence-corrected chi connectivity index (χ1v) is 7.12. The molecule has 0 aliphatic heterocycles. The van der Waals surface area contributed by atoms with Crippen LogP contribution in [0.5, 0.6) is 0 Å². The van der Waals surface area contributed by atoms with Crippen molar-refractivity contribution in [3.05, 3.63) is 57.5 Å². The lowest BCUT2D eigenvalue weighted by atomic mass is 10.0. The Morgan fingerprint density at radius 1 is 1.30 bits per heavy atom. The van der Waals surface area contributed by atoms with Crippen LogP contribution in [0.2, 0.25) is 0 Å². The minimum Gasteiger partial charge on any atom is -0.478 e. The fourth-order valence-corrected chi connectivity index (χ4v) is 2.59. The van der Waals surface area contributed by atoms with Crippen LogP contribution < -0.4 is 11.3 Å². The standard InChI is InChI=1S/C16H16N4O3/c1-20-13-12(14(21)19-16(20)17)11(8-18-13)7-4-9-2-5-10(6-3-9)15(22)23/h2-3,5-6,8,18H,4,7H2,1H3,(H,22,23)(H2,17,19,21). The van der Waals surface area contributed by atoms with E-state index in [9.17, 15) is 9.59 Å². The van der Waals surface area contributed by atoms with E-state index in [-0.39, 0.29) is 17.1 Å². The second kappa shape index (κ2) is 5.60. The number of nitrogens with two attached hydrogens (primary N) is 1. The van der Waals surface area contributed by atoms with Crippen molar-refractivity contribution in [3.63, 3.8) is 0 Å². The first kappa shape index (κ1) is 14.8. The molecule has 0 saturated heterocycles. The number of nitrogen functional groups attached to an aromatic ring is 1. The SMILES string of the molecule is Cn1c(N)nc(=O)c2c(CCc3ccc(C(=O)O)cc3)c[nH]c21. The van der Waals surface area contributed by atoms with Gasteiger partial charge in [0.1, 0.15) is 5.65 Å². The van der Waals surface area contributed by atoms with Crippen LogP contribution in [0, 0.1) is 0 Å². The number of aromatic carboxylic acids is 1. The maximum absolute atomic E-state index is 12.1. The Kier molecular flexibility index (Phi) is 3.61. The molecule has 23 heavy (non-hydrogen) atoms. The predicted molar refractivity (Wildman–Crippen MR) is 86.6 cm³/mol. The van der Waals surface area contributed by atoms with Gasteiger partial charge in [-0.25, -0.2) is 4.79 Å². The number of aromatic nitrogens is 3. The number of anilines is 1. The molecule has 0 aliphatic carbocycles. The van der Waals surface area contributed by atoms with Crippen LogP contribution in [0.1, 0.15) is 21.5 Å². The minimum atomic E-state index is -0.944. The summed E-state index contributed by atoms with van der Waals surface area (Å²) >= 11 is 0. The molecule has 3 rings (SSSR count). The van der Waals surface area contributed by atoms with Gasteiger partial charge in [0.15, 0.2) is 0 Å². The van der Waals surface area contributed by atoms with E-state index < -0.39 is 5.97 Å². The van der Waals surface area contributed by atoms with Gasteiger partial charge in [0, 0.05) is 13.2 Å². The third-order valence-electron chi connectivity index (χ3n) is 3.93. The van der Waals surface area contributed by atoms with Gasteiger partial charge in [-0.15, -0.1) is 0 Å². The van der Waals surface area contributed by atoms with Crippen molar-refractivity contribution in [1.82, 2.24) is 14.5 Å². The summed E-state index contributed by atoms with van der Waals surface area (Å²) in [5, 5.41) is 9.44. The molecular formula is C16H16N4O3. The van der Waals surface area contributed by atoms with Gasteiger partial charge in [-0.1, -0.05) is 12.1 Å². The lowest BCUT2D eigenvalue weighted by Crippen LogP contribution is -2.16. The summed E-state index contributed by atoms with van der Waals surface area (Å²) in [6.07, 6.45) is 3.13. The van der Waals surface area contributed by atoms with Crippen LogP contribution in [-0.2, 0) is 19.9 Å². The molecule has 0 spiro atoms. The summed E-state index contributed by atoms with van der Waals surface area (Å²) in [5.74, 6) is -0.777. The Labute approximate surface area is 131 Å². The largest absolute Gasteiger partial charge is 0.478 e. The Balaban J connectivity index is 1.86. The van der Waals surface area contributed by atoms with Crippen LogP contribution >= 0.6 is 0 Å². The van der Waals surface area contributed by atoms with E-state index >= 15 is 0 Å². The minimum absolute atomic E-state index is 0.167. The van der Waals surface area contributed by atoms with Gasteiger partial charge in [0.25, 0.3) is 5.56 Å². The molecule has 2 aromatic heterocycles. The first-order chi connectivity index (χ1) is 11.0. The number of H-pyrrole nitrogens is 1. The van der Waals surface area contributed by atoms with Gasteiger partial charge < -0.3 is 20.4 Å². The number of fused-ring (bicyclic) bond motifs is 1. The number of rotatable bonds is 4. The molecular weight excluding hydrogens is 296 g/mol. The fraction of sp³-hybridized carbons (Fsp3) is 0.188. The van der Waals surface area contributed by atoms with Crippen LogP contribution in [0.4, 0.5) is 5.95 Å². The lowest BCUT2D eigenvalue weighted by molar-refractivity contribution is 0.0697. The topological polar surface area (TPSA) is 114 Å². The van der Waals surface area contributed by atoms with Gasteiger partial charge in [-0.3, -0.25) is 4.79 Å². The maximum atomic E-state index is 12.1. The molecule has 7 nitrogen and oxygen atoms in total. The summed E-state index contributed by atoms with van der Waals surface area (Å²) in [7, 11) is 1.75. The molecule has 1 aromatic carbocycles. The molecule has 7 heteroatoms. The number of nitrogens with zero attached hydrogens (tertiary/aromatic N) is 2. The van der Waals surface area contributed by atoms with Crippen molar-refractivity contribution in [2.45, 2.75) is 12.8 Å². The normalized spacial score (nSPS) is 11.0. The van der Waals surface area contributed by atoms with Gasteiger partial charge in [0.05, 0.1) is 10.9 Å². The highest BCUT2D eigenvalue weighted by Crippen LogP contribution is 2.17. The van der Waals surface area contributed by atoms with E-state index in [0.29, 0.717) is 23.9 Å². The average molecular weight is 312 g/mol. The molecule has 4 N–H and O–H groups in total. The van der Waals surface area contributed by atoms with E-state index in [1.807, 2.05) is 0 Å². The molecule has 3 aromatic rings. The zero-order chi connectivity index (χ0) is 16.6. The second-order valence-electron chi connectivity index (χ2n) is 5.37. The first-order valence-electron chi connectivity index (χ1n) is 7.12. The quantitative estimate of drug-likeness (QED) is 0.672. The molecule has 0 fully saturated rings. The number of hydrogen-bond acceptors (Lipinski definition) is 4. The summed E-state index contributed by atoms with van der Waals surface area (Å²) in [4.78, 5) is 29.8. The second-order valence-corrected chi connectivity index (χ2v) is 5.37. The van der Waals surface area contributed by atoms with E-state index in [1.165, 1.54) is 0 Å². The third kappa shape index (κ3) is 2.68. The lowest BCUT2D eigenvalue weighted by Gasteiger charge is -2.05. The number of aromatic amines is 1. The molecule has 0 amide bonds. The number of hydrogen-bond donors (Lipinski definition) is 3. The molecule has 0 unspecified atom stereocenters. The highest BCUT2D eigenvalue weighted by atomic mass is 16.4. The van der Waals surface area contributed by atoms with Crippen molar-refractivity contribution in [1.29, 1.82) is 0 Å². The van der Waals surface area contributed by atoms with Crippen molar-refractivity contribution in [2.75, 3.05) is 5.73 Å². The molecule has 2 heterocycles. The van der Waals surface area contributed by atoms with Gasteiger partial charge in [-0.05, 0) is 36.1 Å². The maximum Gasteiger partial charge on any atom is 0.335 e. The molecule has 118 valence electrons. The summed E-state index contributed by atoms with van der Waals surface area (Å²) in [6.45, 7) is 0. The number of carboxylic acids is 1. The number of carbonyl (C=O) groups is 1. The Morgan fingerprint density at radius 2 is 2.00 bits per heavy atom. The molecule has 0 bridgehead atoms. The molecule has 0 aliphatic rings. The number of benzene rings is 1. The van der Waals surface area contributed by atoms with Crippen LogP contribution in [0.25, 0.3) is 11.0 Å². The Hall–Kier alpha value is -3.09. The third-order valence-corrected chi connectivity index (χ3v) is 3.93. The smallest absolute Gasteiger partial charge is 0.335 e. The van der Waals surface area contributed by atoms with E-state index in [2.05, 4.69) is 9.97 Å². The monoisotopic (exact) mass is 312 g/mol. The van der Waals surface area contributed by atoms with Crippen LogP contribution in [0.15, 0.2) is 35.3 Å². The highest BCUT2D eigenvalue weighted by molar-refractivity contribution is 5.87. The van der Waals surface area contributed by atoms with Gasteiger partial charge in [-0.2, -0.15) is 4.98 Å². The Bertz CT molecular complexity index is 938. The highest BCUT2D eigenvalue weighted by Gasteiger charge is 2.12. The van der Waals surface area contributed by atoms with Gasteiger partial charge in [0.2, 0.25) is 5.95 Å². The summed E-state index contributed by atoms with van der Waals surface area (Å²) < 4.78 is 1.64. The number of carboxylic acid groups (broad SMARTS) is 1. The van der Waals surface area contributed by atoms with Crippen molar-refractivity contribution in [2.24, 2.45) is 7.05 Å². The molecule has 0 saturated carbocycles. The zero-order valence-electron chi connectivity index (χ0n) is 12.5. The fourth-order valence-electron chi connectivity index (χ4n) is 2.59. The summed E-state index contributed by atoms with van der Waals surface area (Å²) in [5.41, 5.74) is 8.13. The van der Waals surface area contributed by atoms with Crippen LogP contribution in [0.3, 0.4) is 0 Å². The molecule has 0 radical (unpaired) electrons. The molecule has 0 atom stereocenters. The number of nitrogens with one attached hydrogen (secondary N) is 1. The summed E-state index contributed by atoms with van der Waals surface area (Å²) in [6, 6.07) is 6.72.